The Balaban J connectivity index is 2.17. The number of rotatable bonds is 2. The van der Waals surface area contributed by atoms with Crippen molar-refractivity contribution in [3.8, 4) is 0 Å². The van der Waals surface area contributed by atoms with Crippen LogP contribution < -0.4 is 16.4 Å². The molecule has 82 valence electrons. The van der Waals surface area contributed by atoms with E-state index in [0.717, 1.165) is 25.5 Å². The predicted molar refractivity (Wildman–Crippen MR) is 60.7 cm³/mol. The number of hydrogen-bond acceptors (Lipinski definition) is 5. The van der Waals surface area contributed by atoms with Gasteiger partial charge in [-0.1, -0.05) is 0 Å². The average Bonchev–Trinajstić information content (AvgIpc) is 2.74. The molecule has 1 atom stereocenters. The molecule has 2 rings (SSSR count). The minimum absolute atomic E-state index is 0.387. The van der Waals surface area contributed by atoms with Gasteiger partial charge in [0.25, 0.3) is 0 Å². The second-order valence-corrected chi connectivity index (χ2v) is 3.77. The van der Waals surface area contributed by atoms with Gasteiger partial charge in [-0.3, -0.25) is 0 Å². The van der Waals surface area contributed by atoms with Crippen LogP contribution in [0, 0.1) is 0 Å². The second-order valence-electron chi connectivity index (χ2n) is 3.77. The summed E-state index contributed by atoms with van der Waals surface area (Å²) in [6.45, 7) is 1.57. The zero-order valence-electron chi connectivity index (χ0n) is 8.81. The molecule has 1 aromatic rings. The number of nitrogen functional groups attached to an aromatic ring is 2. The summed E-state index contributed by atoms with van der Waals surface area (Å²) in [4.78, 5) is 6.33. The van der Waals surface area contributed by atoms with Crippen LogP contribution in [0.5, 0.6) is 0 Å². The Bertz CT molecular complexity index is 349. The van der Waals surface area contributed by atoms with Crippen LogP contribution in [0.25, 0.3) is 0 Å². The summed E-state index contributed by atoms with van der Waals surface area (Å²) in [6.07, 6.45) is 1.03. The summed E-state index contributed by atoms with van der Waals surface area (Å²) in [5.74, 6) is 1.23. The molecular weight excluding hydrogens is 192 g/mol. The van der Waals surface area contributed by atoms with E-state index in [9.17, 15) is 0 Å². The fraction of sp³-hybridized carbons (Fsp3) is 0.500. The zero-order chi connectivity index (χ0) is 10.8. The molecule has 1 saturated heterocycles. The van der Waals surface area contributed by atoms with Gasteiger partial charge in [0.1, 0.15) is 11.6 Å². The van der Waals surface area contributed by atoms with Crippen molar-refractivity contribution in [1.82, 2.24) is 4.98 Å². The largest absolute Gasteiger partial charge is 0.396 e. The fourth-order valence-corrected chi connectivity index (χ4v) is 1.69. The first-order valence-electron chi connectivity index (χ1n) is 5.01. The number of nitrogens with two attached hydrogens (primary N) is 2. The van der Waals surface area contributed by atoms with Gasteiger partial charge in [-0.2, -0.15) is 0 Å². The summed E-state index contributed by atoms with van der Waals surface area (Å²) in [7, 11) is 2.00. The summed E-state index contributed by atoms with van der Waals surface area (Å²) in [5, 5.41) is 0. The quantitative estimate of drug-likeness (QED) is 0.738. The monoisotopic (exact) mass is 208 g/mol. The van der Waals surface area contributed by atoms with Gasteiger partial charge in [-0.05, 0) is 18.6 Å². The van der Waals surface area contributed by atoms with Crippen LogP contribution in [-0.2, 0) is 4.74 Å². The molecule has 1 aliphatic heterocycles. The van der Waals surface area contributed by atoms with Crippen molar-refractivity contribution >= 4 is 17.3 Å². The lowest BCUT2D eigenvalue weighted by Gasteiger charge is -2.24. The molecule has 5 heteroatoms. The number of pyridine rings is 1. The van der Waals surface area contributed by atoms with E-state index in [2.05, 4.69) is 9.88 Å². The molecule has 1 fully saturated rings. The highest BCUT2D eigenvalue weighted by molar-refractivity contribution is 5.62. The highest BCUT2D eigenvalue weighted by Gasteiger charge is 2.21. The number of nitrogens with zero attached hydrogens (tertiary/aromatic N) is 2. The lowest BCUT2D eigenvalue weighted by molar-refractivity contribution is 0.193. The van der Waals surface area contributed by atoms with Crippen LogP contribution in [-0.4, -0.2) is 31.3 Å². The Morgan fingerprint density at radius 1 is 1.47 bits per heavy atom. The molecule has 15 heavy (non-hydrogen) atoms. The molecule has 1 aliphatic rings. The molecule has 0 amide bonds. The van der Waals surface area contributed by atoms with E-state index in [1.165, 1.54) is 0 Å². The minimum Gasteiger partial charge on any atom is -0.396 e. The second kappa shape index (κ2) is 3.94. The first-order valence-corrected chi connectivity index (χ1v) is 5.01. The van der Waals surface area contributed by atoms with Gasteiger partial charge in [-0.15, -0.1) is 0 Å². The molecule has 0 spiro atoms. The normalized spacial score (nSPS) is 20.5. The van der Waals surface area contributed by atoms with Crippen LogP contribution in [0.15, 0.2) is 12.1 Å². The molecule has 2 heterocycles. The van der Waals surface area contributed by atoms with Crippen molar-refractivity contribution in [2.24, 2.45) is 0 Å². The third kappa shape index (κ3) is 1.97. The van der Waals surface area contributed by atoms with Gasteiger partial charge >= 0.3 is 0 Å². The Morgan fingerprint density at radius 2 is 2.27 bits per heavy atom. The number of ether oxygens (including phenoxy) is 1. The van der Waals surface area contributed by atoms with E-state index in [-0.39, 0.29) is 0 Å². The van der Waals surface area contributed by atoms with Crippen molar-refractivity contribution < 1.29 is 4.74 Å². The molecule has 1 unspecified atom stereocenters. The van der Waals surface area contributed by atoms with E-state index >= 15 is 0 Å². The van der Waals surface area contributed by atoms with Crippen LogP contribution in [0.4, 0.5) is 17.3 Å². The van der Waals surface area contributed by atoms with Crippen molar-refractivity contribution in [2.45, 2.75) is 12.5 Å². The highest BCUT2D eigenvalue weighted by Crippen LogP contribution is 2.21. The van der Waals surface area contributed by atoms with Gasteiger partial charge in [-0.25, -0.2) is 4.98 Å². The van der Waals surface area contributed by atoms with Crippen molar-refractivity contribution in [2.75, 3.05) is 36.6 Å². The maximum atomic E-state index is 5.66. The molecule has 4 N–H and O–H groups in total. The zero-order valence-corrected chi connectivity index (χ0v) is 8.81. The molecule has 1 aromatic heterocycles. The summed E-state index contributed by atoms with van der Waals surface area (Å²) >= 11 is 0. The van der Waals surface area contributed by atoms with Crippen molar-refractivity contribution in [3.63, 3.8) is 0 Å². The van der Waals surface area contributed by atoms with Crippen molar-refractivity contribution in [3.05, 3.63) is 12.1 Å². The number of likely N-dealkylation sites (N-methyl/N-ethyl adjacent to an activating group) is 1. The SMILES string of the molecule is CN(c1ccc(N)c(N)n1)C1CCOC1. The number of anilines is 3. The lowest BCUT2D eigenvalue weighted by Crippen LogP contribution is -2.32. The van der Waals surface area contributed by atoms with Crippen LogP contribution >= 0.6 is 0 Å². The third-order valence-electron chi connectivity index (χ3n) is 2.76. The Labute approximate surface area is 89.0 Å². The van der Waals surface area contributed by atoms with Crippen molar-refractivity contribution in [1.29, 1.82) is 0 Å². The molecule has 0 radical (unpaired) electrons. The van der Waals surface area contributed by atoms with Gasteiger partial charge in [0.15, 0.2) is 0 Å². The Morgan fingerprint density at radius 3 is 2.87 bits per heavy atom. The van der Waals surface area contributed by atoms with Crippen LogP contribution in [0.1, 0.15) is 6.42 Å². The summed E-state index contributed by atoms with van der Waals surface area (Å²) in [5.41, 5.74) is 11.8. The average molecular weight is 208 g/mol. The topological polar surface area (TPSA) is 77.4 Å². The molecule has 0 aromatic carbocycles. The third-order valence-corrected chi connectivity index (χ3v) is 2.76. The Kier molecular flexibility index (Phi) is 2.64. The van der Waals surface area contributed by atoms with E-state index in [0.29, 0.717) is 17.5 Å². The predicted octanol–water partition coefficient (Wildman–Crippen LogP) is 0.471. The van der Waals surface area contributed by atoms with Crippen LogP contribution in [0.2, 0.25) is 0 Å². The molecule has 0 saturated carbocycles. The van der Waals surface area contributed by atoms with Crippen LogP contribution in [0.3, 0.4) is 0 Å². The lowest BCUT2D eigenvalue weighted by atomic mass is 10.2. The number of hydrogen-bond donors (Lipinski definition) is 2. The maximum absolute atomic E-state index is 5.66. The van der Waals surface area contributed by atoms with E-state index in [1.54, 1.807) is 6.07 Å². The first-order chi connectivity index (χ1) is 7.18. The van der Waals surface area contributed by atoms with E-state index in [1.807, 2.05) is 13.1 Å². The molecule has 5 nitrogen and oxygen atoms in total. The minimum atomic E-state index is 0.387. The first kappa shape index (κ1) is 10.0. The van der Waals surface area contributed by atoms with E-state index in [4.69, 9.17) is 16.2 Å². The molecule has 0 aliphatic carbocycles. The number of aromatic nitrogens is 1. The smallest absolute Gasteiger partial charge is 0.149 e. The van der Waals surface area contributed by atoms with Gasteiger partial charge in [0.05, 0.1) is 18.3 Å². The highest BCUT2D eigenvalue weighted by atomic mass is 16.5. The van der Waals surface area contributed by atoms with Gasteiger partial charge < -0.3 is 21.1 Å². The van der Waals surface area contributed by atoms with Gasteiger partial charge in [0, 0.05) is 13.7 Å². The molecule has 0 bridgehead atoms. The fourth-order valence-electron chi connectivity index (χ4n) is 1.69. The summed E-state index contributed by atoms with van der Waals surface area (Å²) < 4.78 is 5.33. The van der Waals surface area contributed by atoms with Gasteiger partial charge in [0.2, 0.25) is 0 Å². The maximum Gasteiger partial charge on any atom is 0.149 e. The van der Waals surface area contributed by atoms with E-state index < -0.39 is 0 Å². The summed E-state index contributed by atoms with van der Waals surface area (Å²) in [6, 6.07) is 4.05. The Hall–Kier alpha value is -1.49. The molecular formula is C10H16N4O. The standard InChI is InChI=1S/C10H16N4O/c1-14(7-4-5-15-6-7)9-3-2-8(11)10(12)13-9/h2-3,7H,4-6,11H2,1H3,(H2,12,13).